The molecule has 0 saturated carbocycles. The van der Waals surface area contributed by atoms with Crippen molar-refractivity contribution in [2.45, 2.75) is 13.0 Å². The number of rotatable bonds is 4. The number of para-hydroxylation sites is 1. The predicted octanol–water partition coefficient (Wildman–Crippen LogP) is 2.67. The molecule has 2 aromatic carbocycles. The molecule has 0 fully saturated rings. The lowest BCUT2D eigenvalue weighted by molar-refractivity contribution is -0.385. The van der Waals surface area contributed by atoms with E-state index in [-0.39, 0.29) is 17.3 Å². The first kappa shape index (κ1) is 14.5. The van der Waals surface area contributed by atoms with E-state index in [1.54, 1.807) is 37.3 Å². The molecule has 2 rings (SSSR count). The normalized spacial score (nSPS) is 11.7. The van der Waals surface area contributed by atoms with Gasteiger partial charge in [-0.2, -0.15) is 0 Å². The van der Waals surface area contributed by atoms with Crippen LogP contribution in [0, 0.1) is 10.1 Å². The first-order valence-electron chi connectivity index (χ1n) is 6.38. The molecule has 2 aromatic rings. The summed E-state index contributed by atoms with van der Waals surface area (Å²) in [5.41, 5.74) is 6.95. The van der Waals surface area contributed by atoms with Gasteiger partial charge >= 0.3 is 0 Å². The molecular formula is C15H15N3O3. The third kappa shape index (κ3) is 3.36. The van der Waals surface area contributed by atoms with E-state index in [4.69, 9.17) is 5.73 Å². The number of carbonyl (C=O) groups is 1. The van der Waals surface area contributed by atoms with Crippen LogP contribution < -0.4 is 11.1 Å². The summed E-state index contributed by atoms with van der Waals surface area (Å²) in [6.07, 6.45) is 0. The summed E-state index contributed by atoms with van der Waals surface area (Å²) >= 11 is 0. The van der Waals surface area contributed by atoms with Crippen molar-refractivity contribution in [3.8, 4) is 0 Å². The minimum atomic E-state index is -0.567. The van der Waals surface area contributed by atoms with Crippen LogP contribution in [0.3, 0.4) is 0 Å². The first-order valence-corrected chi connectivity index (χ1v) is 6.38. The maximum Gasteiger partial charge on any atom is 0.282 e. The number of nitrogens with two attached hydrogens (primary N) is 1. The van der Waals surface area contributed by atoms with Crippen LogP contribution in [-0.2, 0) is 0 Å². The SMILES string of the molecule is CC(NC(=O)c1ccccc1[N+](=O)[O-])c1ccc(N)cc1. The Labute approximate surface area is 121 Å². The van der Waals surface area contributed by atoms with Crippen LogP contribution in [0.5, 0.6) is 0 Å². The number of hydrogen-bond acceptors (Lipinski definition) is 4. The topological polar surface area (TPSA) is 98.3 Å². The zero-order chi connectivity index (χ0) is 15.4. The molecule has 6 nitrogen and oxygen atoms in total. The lowest BCUT2D eigenvalue weighted by Crippen LogP contribution is -2.27. The summed E-state index contributed by atoms with van der Waals surface area (Å²) in [5.74, 6) is -0.480. The maximum atomic E-state index is 12.2. The van der Waals surface area contributed by atoms with E-state index >= 15 is 0 Å². The lowest BCUT2D eigenvalue weighted by Gasteiger charge is -2.14. The van der Waals surface area contributed by atoms with Crippen LogP contribution in [0.2, 0.25) is 0 Å². The molecule has 0 heterocycles. The highest BCUT2D eigenvalue weighted by Gasteiger charge is 2.20. The quantitative estimate of drug-likeness (QED) is 0.512. The van der Waals surface area contributed by atoms with E-state index in [9.17, 15) is 14.9 Å². The fraction of sp³-hybridized carbons (Fsp3) is 0.133. The highest BCUT2D eigenvalue weighted by atomic mass is 16.6. The van der Waals surface area contributed by atoms with Gasteiger partial charge in [-0.25, -0.2) is 0 Å². The summed E-state index contributed by atoms with van der Waals surface area (Å²) in [5, 5.41) is 13.7. The molecule has 1 unspecified atom stereocenters. The van der Waals surface area contributed by atoms with Crippen molar-refractivity contribution < 1.29 is 9.72 Å². The number of nitro groups is 1. The van der Waals surface area contributed by atoms with Gasteiger partial charge < -0.3 is 11.1 Å². The minimum Gasteiger partial charge on any atom is -0.399 e. The Balaban J connectivity index is 2.18. The molecule has 0 bridgehead atoms. The summed E-state index contributed by atoms with van der Waals surface area (Å²) in [7, 11) is 0. The molecule has 0 saturated heterocycles. The van der Waals surface area contributed by atoms with Crippen LogP contribution >= 0.6 is 0 Å². The number of nitro benzene ring substituents is 1. The molecule has 1 atom stereocenters. The Morgan fingerprint density at radius 2 is 1.81 bits per heavy atom. The second-order valence-electron chi connectivity index (χ2n) is 4.64. The largest absolute Gasteiger partial charge is 0.399 e. The molecule has 6 heteroatoms. The van der Waals surface area contributed by atoms with Crippen molar-refractivity contribution in [3.05, 3.63) is 69.8 Å². The number of hydrogen-bond donors (Lipinski definition) is 2. The van der Waals surface area contributed by atoms with Crippen molar-refractivity contribution in [3.63, 3.8) is 0 Å². The Hall–Kier alpha value is -2.89. The monoisotopic (exact) mass is 285 g/mol. The summed E-state index contributed by atoms with van der Waals surface area (Å²) < 4.78 is 0. The van der Waals surface area contributed by atoms with E-state index in [0.29, 0.717) is 5.69 Å². The number of nitrogens with one attached hydrogen (secondary N) is 1. The van der Waals surface area contributed by atoms with E-state index in [0.717, 1.165) is 5.56 Å². The first-order chi connectivity index (χ1) is 9.99. The Morgan fingerprint density at radius 3 is 2.43 bits per heavy atom. The van der Waals surface area contributed by atoms with Gasteiger partial charge in [-0.15, -0.1) is 0 Å². The number of nitrogen functional groups attached to an aromatic ring is 1. The predicted molar refractivity (Wildman–Crippen MR) is 79.8 cm³/mol. The highest BCUT2D eigenvalue weighted by Crippen LogP contribution is 2.20. The molecule has 0 aliphatic carbocycles. The molecule has 0 radical (unpaired) electrons. The molecular weight excluding hydrogens is 270 g/mol. The molecule has 0 aliphatic rings. The molecule has 1 amide bonds. The summed E-state index contributed by atoms with van der Waals surface area (Å²) in [6.45, 7) is 1.80. The van der Waals surface area contributed by atoms with E-state index in [2.05, 4.69) is 5.32 Å². The zero-order valence-electron chi connectivity index (χ0n) is 11.4. The summed E-state index contributed by atoms with van der Waals surface area (Å²) in [4.78, 5) is 22.5. The number of benzene rings is 2. The molecule has 0 aromatic heterocycles. The number of carbonyl (C=O) groups excluding carboxylic acids is 1. The standard InChI is InChI=1S/C15H15N3O3/c1-10(11-6-8-12(16)9-7-11)17-15(19)13-4-2-3-5-14(13)18(20)21/h2-10H,16H2,1H3,(H,17,19). The van der Waals surface area contributed by atoms with Crippen LogP contribution in [-0.4, -0.2) is 10.8 Å². The highest BCUT2D eigenvalue weighted by molar-refractivity contribution is 5.98. The average molecular weight is 285 g/mol. The maximum absolute atomic E-state index is 12.2. The van der Waals surface area contributed by atoms with Gasteiger partial charge in [0, 0.05) is 11.8 Å². The summed E-state index contributed by atoms with van der Waals surface area (Å²) in [6, 6.07) is 12.7. The van der Waals surface area contributed by atoms with Crippen molar-refractivity contribution >= 4 is 17.3 Å². The van der Waals surface area contributed by atoms with Gasteiger partial charge in [-0.1, -0.05) is 24.3 Å². The zero-order valence-corrected chi connectivity index (χ0v) is 11.4. The van der Waals surface area contributed by atoms with Crippen molar-refractivity contribution in [1.82, 2.24) is 5.32 Å². The van der Waals surface area contributed by atoms with Gasteiger partial charge in [0.2, 0.25) is 0 Å². The van der Waals surface area contributed by atoms with Gasteiger partial charge in [0.1, 0.15) is 5.56 Å². The Bertz CT molecular complexity index is 668. The second-order valence-corrected chi connectivity index (χ2v) is 4.64. The van der Waals surface area contributed by atoms with Crippen molar-refractivity contribution in [2.24, 2.45) is 0 Å². The van der Waals surface area contributed by atoms with Crippen molar-refractivity contribution in [1.29, 1.82) is 0 Å². The number of anilines is 1. The Morgan fingerprint density at radius 1 is 1.19 bits per heavy atom. The number of amides is 1. The van der Waals surface area contributed by atoms with E-state index in [1.807, 2.05) is 0 Å². The van der Waals surface area contributed by atoms with Crippen LogP contribution in [0.25, 0.3) is 0 Å². The molecule has 0 aliphatic heterocycles. The molecule has 21 heavy (non-hydrogen) atoms. The minimum absolute atomic E-state index is 0.0461. The van der Waals surface area contributed by atoms with Crippen LogP contribution in [0.4, 0.5) is 11.4 Å². The van der Waals surface area contributed by atoms with Gasteiger partial charge in [-0.05, 0) is 30.7 Å². The van der Waals surface area contributed by atoms with Gasteiger partial charge in [0.05, 0.1) is 11.0 Å². The Kier molecular flexibility index (Phi) is 4.18. The van der Waals surface area contributed by atoms with Gasteiger partial charge in [0.25, 0.3) is 11.6 Å². The average Bonchev–Trinajstić information content (AvgIpc) is 2.47. The molecule has 108 valence electrons. The van der Waals surface area contributed by atoms with Gasteiger partial charge in [0.15, 0.2) is 0 Å². The third-order valence-corrected chi connectivity index (χ3v) is 3.13. The second kappa shape index (κ2) is 6.04. The van der Waals surface area contributed by atoms with Crippen LogP contribution in [0.15, 0.2) is 48.5 Å². The van der Waals surface area contributed by atoms with Gasteiger partial charge in [-0.3, -0.25) is 14.9 Å². The molecule has 3 N–H and O–H groups in total. The lowest BCUT2D eigenvalue weighted by atomic mass is 10.1. The third-order valence-electron chi connectivity index (χ3n) is 3.13. The fourth-order valence-corrected chi connectivity index (χ4v) is 1.97. The smallest absolute Gasteiger partial charge is 0.282 e. The number of nitrogens with zero attached hydrogens (tertiary/aromatic N) is 1. The van der Waals surface area contributed by atoms with Crippen LogP contribution in [0.1, 0.15) is 28.9 Å². The molecule has 0 spiro atoms. The fourth-order valence-electron chi connectivity index (χ4n) is 1.97. The van der Waals surface area contributed by atoms with E-state index < -0.39 is 10.8 Å². The van der Waals surface area contributed by atoms with E-state index in [1.165, 1.54) is 18.2 Å². The van der Waals surface area contributed by atoms with Crippen molar-refractivity contribution in [2.75, 3.05) is 5.73 Å².